The topological polar surface area (TPSA) is 109 Å². The second kappa shape index (κ2) is 8.15. The van der Waals surface area contributed by atoms with Gasteiger partial charge in [-0.05, 0) is 18.2 Å². The molecular weight excluding hydrogens is 344 g/mol. The Hall–Kier alpha value is -1.65. The van der Waals surface area contributed by atoms with Gasteiger partial charge >= 0.3 is 0 Å². The van der Waals surface area contributed by atoms with E-state index in [1.165, 1.54) is 17.8 Å². The molecule has 3 rings (SSSR count). The maximum Gasteiger partial charge on any atom is 0.166 e. The van der Waals surface area contributed by atoms with Crippen LogP contribution >= 0.6 is 11.8 Å². The van der Waals surface area contributed by atoms with Gasteiger partial charge in [0, 0.05) is 34.0 Å². The average Bonchev–Trinajstić information content (AvgIpc) is 2.59. The largest absolute Gasteiger partial charge is 0.595 e. The fourth-order valence-corrected chi connectivity index (χ4v) is 3.48. The smallest absolute Gasteiger partial charge is 0.166 e. The molecule has 4 unspecified atom stereocenters. The monoisotopic (exact) mass is 364 g/mol. The summed E-state index contributed by atoms with van der Waals surface area (Å²) >= 11 is 1.46. The van der Waals surface area contributed by atoms with Crippen LogP contribution in [0.2, 0.25) is 0 Å². The highest BCUT2D eigenvalue weighted by Crippen LogP contribution is 2.32. The summed E-state index contributed by atoms with van der Waals surface area (Å²) in [6.07, 6.45) is -2.03. The lowest BCUT2D eigenvalue weighted by molar-refractivity contribution is -0.991. The zero-order valence-electron chi connectivity index (χ0n) is 13.3. The van der Waals surface area contributed by atoms with E-state index >= 15 is 0 Å². The lowest BCUT2D eigenvalue weighted by Crippen LogP contribution is -2.99. The summed E-state index contributed by atoms with van der Waals surface area (Å²) in [5.41, 5.74) is 0.756. The summed E-state index contributed by atoms with van der Waals surface area (Å²) in [5.74, 6) is 0. The summed E-state index contributed by atoms with van der Waals surface area (Å²) in [5, 5.41) is 42.1. The van der Waals surface area contributed by atoms with Crippen molar-refractivity contribution in [2.45, 2.75) is 34.6 Å². The van der Waals surface area contributed by atoms with Crippen LogP contribution in [0, 0.1) is 5.21 Å². The molecule has 5 N–H and O–H groups in total. The molecule has 0 radical (unpaired) electrons. The molecule has 8 heteroatoms. The van der Waals surface area contributed by atoms with Gasteiger partial charge in [0.15, 0.2) is 5.69 Å². The fraction of sp³-hybridized carbons (Fsp3) is 0.294. The van der Waals surface area contributed by atoms with Gasteiger partial charge in [0.05, 0.1) is 12.7 Å². The third-order valence-corrected chi connectivity index (χ3v) is 4.81. The number of nitrogens with one attached hydrogen (secondary N) is 2. The molecule has 1 fully saturated rings. The first kappa shape index (κ1) is 18.2. The minimum atomic E-state index is -1.02. The van der Waals surface area contributed by atoms with E-state index in [9.17, 15) is 20.6 Å². The molecule has 0 aliphatic carbocycles. The van der Waals surface area contributed by atoms with E-state index in [1.54, 1.807) is 6.07 Å². The molecule has 25 heavy (non-hydrogen) atoms. The number of hydrogen-bond acceptors (Lipinski definition) is 7. The molecule has 134 valence electrons. The Morgan fingerprint density at radius 3 is 2.52 bits per heavy atom. The molecule has 7 nitrogen and oxygen atoms in total. The lowest BCUT2D eigenvalue weighted by atomic mass is 10.1. The van der Waals surface area contributed by atoms with Crippen molar-refractivity contribution < 1.29 is 25.4 Å². The minimum absolute atomic E-state index is 0.0308. The van der Waals surface area contributed by atoms with Crippen molar-refractivity contribution in [1.82, 2.24) is 0 Å². The molecule has 2 aromatic rings. The highest BCUT2D eigenvalue weighted by molar-refractivity contribution is 7.99. The van der Waals surface area contributed by atoms with Crippen molar-refractivity contribution in [3.05, 3.63) is 53.7 Å². The number of aliphatic hydroxyl groups is 2. The van der Waals surface area contributed by atoms with Gasteiger partial charge in [-0.3, -0.25) is 0 Å². The zero-order valence-corrected chi connectivity index (χ0v) is 14.1. The molecule has 0 aromatic heterocycles. The highest BCUT2D eigenvalue weighted by atomic mass is 32.2. The second-order valence-electron chi connectivity index (χ2n) is 5.80. The van der Waals surface area contributed by atoms with Gasteiger partial charge in [0.2, 0.25) is 0 Å². The molecule has 0 bridgehead atoms. The van der Waals surface area contributed by atoms with E-state index in [0.29, 0.717) is 5.69 Å². The van der Waals surface area contributed by atoms with Crippen LogP contribution in [-0.2, 0) is 4.74 Å². The number of hydrogen-bond donors (Lipinski definition) is 5. The number of aliphatic hydroxyl groups excluding tert-OH is 2. The van der Waals surface area contributed by atoms with Gasteiger partial charge in [-0.15, -0.1) is 0 Å². The van der Waals surface area contributed by atoms with Crippen LogP contribution in [0.25, 0.3) is 0 Å². The van der Waals surface area contributed by atoms with E-state index in [-0.39, 0.29) is 18.7 Å². The Morgan fingerprint density at radius 2 is 1.84 bits per heavy atom. The quantitative estimate of drug-likeness (QED) is 0.506. The first-order chi connectivity index (χ1) is 12.0. The Kier molecular flexibility index (Phi) is 5.92. The van der Waals surface area contributed by atoms with Crippen molar-refractivity contribution >= 4 is 23.1 Å². The summed E-state index contributed by atoms with van der Waals surface area (Å²) in [4.78, 5) is 1.79. The van der Waals surface area contributed by atoms with Crippen LogP contribution in [-0.4, -0.2) is 40.5 Å². The van der Waals surface area contributed by atoms with Gasteiger partial charge in [0.1, 0.15) is 12.3 Å². The Balaban J connectivity index is 1.78. The standard InChI is InChI=1S/C17H20N2O5S/c20-15-9-17(24-10-16(15)21)18-11-6-12(19(22)23)8-14(7-11)25-13-4-2-1-3-5-13/h1-8,15-22H,9-10H2. The number of rotatable bonds is 5. The molecule has 2 aromatic carbocycles. The predicted octanol–water partition coefficient (Wildman–Crippen LogP) is 1.12. The summed E-state index contributed by atoms with van der Waals surface area (Å²) in [7, 11) is 0. The van der Waals surface area contributed by atoms with Gasteiger partial charge in [-0.2, -0.15) is 5.23 Å². The van der Waals surface area contributed by atoms with E-state index in [0.717, 1.165) is 9.79 Å². The maximum atomic E-state index is 11.4. The normalized spacial score (nSPS) is 24.7. The van der Waals surface area contributed by atoms with E-state index in [2.05, 4.69) is 5.32 Å². The van der Waals surface area contributed by atoms with Crippen molar-refractivity contribution in [3.63, 3.8) is 0 Å². The Bertz CT molecular complexity index is 701. The average molecular weight is 364 g/mol. The first-order valence-electron chi connectivity index (χ1n) is 7.87. The summed E-state index contributed by atoms with van der Waals surface area (Å²) < 4.78 is 5.45. The van der Waals surface area contributed by atoms with Crippen molar-refractivity contribution in [2.24, 2.45) is 0 Å². The van der Waals surface area contributed by atoms with Gasteiger partial charge in [0.25, 0.3) is 0 Å². The molecule has 4 atom stereocenters. The Labute approximate surface area is 149 Å². The van der Waals surface area contributed by atoms with Crippen molar-refractivity contribution in [1.29, 1.82) is 0 Å². The maximum absolute atomic E-state index is 11.4. The fourth-order valence-electron chi connectivity index (χ4n) is 2.55. The Morgan fingerprint density at radius 1 is 1.08 bits per heavy atom. The molecule has 0 amide bonds. The second-order valence-corrected chi connectivity index (χ2v) is 6.95. The zero-order chi connectivity index (χ0) is 17.8. The molecule has 1 saturated heterocycles. The minimum Gasteiger partial charge on any atom is -0.595 e. The van der Waals surface area contributed by atoms with Crippen molar-refractivity contribution in [3.8, 4) is 0 Å². The number of ether oxygens (including phenoxy) is 1. The van der Waals surface area contributed by atoms with Crippen molar-refractivity contribution in [2.75, 3.05) is 11.9 Å². The number of benzene rings is 2. The van der Waals surface area contributed by atoms with Gasteiger partial charge in [-0.25, -0.2) is 5.21 Å². The van der Waals surface area contributed by atoms with Crippen LogP contribution < -0.4 is 10.5 Å². The van der Waals surface area contributed by atoms with Crippen LogP contribution in [0.1, 0.15) is 6.42 Å². The summed E-state index contributed by atoms with van der Waals surface area (Å²) in [6.45, 7) is 0.0308. The van der Waals surface area contributed by atoms with E-state index < -0.39 is 23.7 Å². The van der Waals surface area contributed by atoms with Crippen LogP contribution in [0.15, 0.2) is 58.3 Å². The third kappa shape index (κ3) is 4.93. The first-order valence-corrected chi connectivity index (χ1v) is 8.68. The molecule has 1 heterocycles. The molecule has 0 saturated carbocycles. The van der Waals surface area contributed by atoms with E-state index in [1.807, 2.05) is 36.4 Å². The highest BCUT2D eigenvalue weighted by Gasteiger charge is 2.28. The predicted molar refractivity (Wildman–Crippen MR) is 92.8 cm³/mol. The lowest BCUT2D eigenvalue weighted by Gasteiger charge is -2.31. The van der Waals surface area contributed by atoms with Crippen LogP contribution in [0.5, 0.6) is 0 Å². The number of anilines is 1. The molecule has 1 aliphatic rings. The van der Waals surface area contributed by atoms with Crippen LogP contribution in [0.4, 0.5) is 11.4 Å². The molecular formula is C17H20N2O5S. The SMILES string of the molecule is [O-][NH+](O)c1cc(NC2CC(O)C(O)CO2)cc(Sc2ccccc2)c1. The van der Waals surface area contributed by atoms with Gasteiger partial charge < -0.3 is 25.5 Å². The third-order valence-electron chi connectivity index (χ3n) is 3.83. The molecule has 1 aliphatic heterocycles. The summed E-state index contributed by atoms with van der Waals surface area (Å²) in [6, 6.07) is 14.6. The molecule has 0 spiro atoms. The number of quaternary nitrogens is 1. The van der Waals surface area contributed by atoms with Crippen LogP contribution in [0.3, 0.4) is 0 Å². The van der Waals surface area contributed by atoms with Gasteiger partial charge in [-0.1, -0.05) is 30.0 Å². The van der Waals surface area contributed by atoms with E-state index in [4.69, 9.17) is 4.74 Å².